The van der Waals surface area contributed by atoms with E-state index in [1.54, 1.807) is 6.07 Å². The highest BCUT2D eigenvalue weighted by atomic mass is 16.1. The zero-order valence-corrected chi connectivity index (χ0v) is 16.2. The number of carbonyl (C=O) groups is 1. The summed E-state index contributed by atoms with van der Waals surface area (Å²) in [6.07, 6.45) is 0. The Bertz CT molecular complexity index is 1260. The quantitative estimate of drug-likeness (QED) is 0.507. The second-order valence-corrected chi connectivity index (χ2v) is 8.07. The summed E-state index contributed by atoms with van der Waals surface area (Å²) in [6, 6.07) is 20.9. The molecule has 1 amide bonds. The van der Waals surface area contributed by atoms with Crippen LogP contribution in [-0.4, -0.2) is 10.9 Å². The predicted octanol–water partition coefficient (Wildman–Crippen LogP) is 5.23. The van der Waals surface area contributed by atoms with Crippen LogP contribution in [0, 0.1) is 0 Å². The molecule has 0 aliphatic heterocycles. The van der Waals surface area contributed by atoms with Gasteiger partial charge in [-0.3, -0.25) is 9.59 Å². The van der Waals surface area contributed by atoms with Crippen LogP contribution in [0.2, 0.25) is 0 Å². The molecule has 1 heterocycles. The van der Waals surface area contributed by atoms with Crippen LogP contribution >= 0.6 is 0 Å². The van der Waals surface area contributed by atoms with Gasteiger partial charge >= 0.3 is 0 Å². The van der Waals surface area contributed by atoms with E-state index in [2.05, 4.69) is 31.1 Å². The van der Waals surface area contributed by atoms with Gasteiger partial charge < -0.3 is 10.3 Å². The third-order valence-electron chi connectivity index (χ3n) is 4.92. The van der Waals surface area contributed by atoms with E-state index in [1.165, 1.54) is 0 Å². The summed E-state index contributed by atoms with van der Waals surface area (Å²) in [5.74, 6) is -0.181. The molecule has 0 bridgehead atoms. The molecule has 0 aliphatic carbocycles. The van der Waals surface area contributed by atoms with Gasteiger partial charge in [0, 0.05) is 22.7 Å². The van der Waals surface area contributed by atoms with Crippen molar-refractivity contribution in [3.8, 4) is 0 Å². The standard InChI is InChI=1S/C24H22N2O2/c1-24(2,3)20-14-22(27)26-21-13-18(10-11-19(20)21)25-23(28)17-9-8-15-6-4-5-7-16(15)12-17/h4-14H,1-3H3,(H,25,28)(H,26,27). The van der Waals surface area contributed by atoms with Gasteiger partial charge in [-0.2, -0.15) is 0 Å². The molecule has 0 spiro atoms. The number of hydrogen-bond donors (Lipinski definition) is 2. The fraction of sp³-hybridized carbons (Fsp3) is 0.167. The van der Waals surface area contributed by atoms with Crippen molar-refractivity contribution in [2.24, 2.45) is 0 Å². The second-order valence-electron chi connectivity index (χ2n) is 8.07. The first-order valence-electron chi connectivity index (χ1n) is 9.29. The van der Waals surface area contributed by atoms with E-state index < -0.39 is 0 Å². The van der Waals surface area contributed by atoms with Crippen molar-refractivity contribution in [1.29, 1.82) is 0 Å². The number of H-pyrrole nitrogens is 1. The predicted molar refractivity (Wildman–Crippen MR) is 115 cm³/mol. The summed E-state index contributed by atoms with van der Waals surface area (Å²) in [4.78, 5) is 27.7. The van der Waals surface area contributed by atoms with Gasteiger partial charge in [-0.25, -0.2) is 0 Å². The summed E-state index contributed by atoms with van der Waals surface area (Å²) >= 11 is 0. The van der Waals surface area contributed by atoms with Crippen molar-refractivity contribution in [3.63, 3.8) is 0 Å². The van der Waals surface area contributed by atoms with Crippen LogP contribution in [0.1, 0.15) is 36.7 Å². The van der Waals surface area contributed by atoms with Crippen LogP contribution in [0.3, 0.4) is 0 Å². The third kappa shape index (κ3) is 3.41. The number of hydrogen-bond acceptors (Lipinski definition) is 2. The summed E-state index contributed by atoms with van der Waals surface area (Å²) in [6.45, 7) is 6.24. The number of anilines is 1. The average Bonchev–Trinajstić information content (AvgIpc) is 2.66. The van der Waals surface area contributed by atoms with Crippen LogP contribution in [-0.2, 0) is 5.41 Å². The number of aromatic nitrogens is 1. The van der Waals surface area contributed by atoms with Crippen LogP contribution in [0.4, 0.5) is 5.69 Å². The summed E-state index contributed by atoms with van der Waals surface area (Å²) in [5, 5.41) is 6.03. The smallest absolute Gasteiger partial charge is 0.255 e. The molecule has 4 nitrogen and oxygen atoms in total. The molecule has 0 saturated carbocycles. The Morgan fingerprint density at radius 1 is 0.893 bits per heavy atom. The van der Waals surface area contributed by atoms with E-state index in [0.717, 1.165) is 21.7 Å². The van der Waals surface area contributed by atoms with Crippen LogP contribution < -0.4 is 10.9 Å². The van der Waals surface area contributed by atoms with E-state index in [4.69, 9.17) is 0 Å². The van der Waals surface area contributed by atoms with Crippen molar-refractivity contribution < 1.29 is 4.79 Å². The fourth-order valence-corrected chi connectivity index (χ4v) is 3.49. The number of rotatable bonds is 2. The van der Waals surface area contributed by atoms with E-state index in [9.17, 15) is 9.59 Å². The number of amides is 1. The summed E-state index contributed by atoms with van der Waals surface area (Å²) < 4.78 is 0. The summed E-state index contributed by atoms with van der Waals surface area (Å²) in [7, 11) is 0. The van der Waals surface area contributed by atoms with Gasteiger partial charge in [0.05, 0.1) is 5.52 Å². The molecule has 4 heteroatoms. The minimum atomic E-state index is -0.181. The second kappa shape index (κ2) is 6.64. The number of carbonyl (C=O) groups excluding carboxylic acids is 1. The molecule has 4 aromatic rings. The molecule has 0 saturated heterocycles. The lowest BCUT2D eigenvalue weighted by atomic mass is 9.85. The van der Waals surface area contributed by atoms with Crippen molar-refractivity contribution in [2.75, 3.05) is 5.32 Å². The Kier molecular flexibility index (Phi) is 4.27. The van der Waals surface area contributed by atoms with Gasteiger partial charge in [0.15, 0.2) is 0 Å². The van der Waals surface area contributed by atoms with Crippen molar-refractivity contribution >= 4 is 33.3 Å². The molecule has 140 valence electrons. The lowest BCUT2D eigenvalue weighted by Crippen LogP contribution is -2.17. The zero-order chi connectivity index (χ0) is 19.9. The maximum Gasteiger partial charge on any atom is 0.255 e. The monoisotopic (exact) mass is 370 g/mol. The van der Waals surface area contributed by atoms with Gasteiger partial charge in [0.25, 0.3) is 5.91 Å². The highest BCUT2D eigenvalue weighted by molar-refractivity contribution is 6.07. The van der Waals surface area contributed by atoms with Gasteiger partial charge in [0.1, 0.15) is 0 Å². The minimum absolute atomic E-state index is 0.143. The van der Waals surface area contributed by atoms with Gasteiger partial charge in [-0.1, -0.05) is 57.2 Å². The highest BCUT2D eigenvalue weighted by Crippen LogP contribution is 2.29. The first-order valence-corrected chi connectivity index (χ1v) is 9.29. The molecule has 0 radical (unpaired) electrons. The Labute approximate surface area is 163 Å². The van der Waals surface area contributed by atoms with Crippen molar-refractivity contribution in [3.05, 3.63) is 88.2 Å². The van der Waals surface area contributed by atoms with Gasteiger partial charge in [-0.15, -0.1) is 0 Å². The molecular formula is C24H22N2O2. The first kappa shape index (κ1) is 18.0. The van der Waals surface area contributed by atoms with Gasteiger partial charge in [0.2, 0.25) is 5.56 Å². The first-order chi connectivity index (χ1) is 13.3. The number of nitrogens with one attached hydrogen (secondary N) is 2. The molecule has 0 atom stereocenters. The molecule has 0 aliphatic rings. The van der Waals surface area contributed by atoms with E-state index in [0.29, 0.717) is 16.8 Å². The molecule has 28 heavy (non-hydrogen) atoms. The average molecular weight is 370 g/mol. The Balaban J connectivity index is 1.69. The van der Waals surface area contributed by atoms with E-state index in [-0.39, 0.29) is 16.9 Å². The zero-order valence-electron chi connectivity index (χ0n) is 16.2. The van der Waals surface area contributed by atoms with Crippen LogP contribution in [0.5, 0.6) is 0 Å². The normalized spacial score (nSPS) is 11.7. The number of benzene rings is 3. The Morgan fingerprint density at radius 3 is 2.39 bits per heavy atom. The number of fused-ring (bicyclic) bond motifs is 2. The topological polar surface area (TPSA) is 62.0 Å². The van der Waals surface area contributed by atoms with Crippen LogP contribution in [0.25, 0.3) is 21.7 Å². The largest absolute Gasteiger partial charge is 0.322 e. The summed E-state index contributed by atoms with van der Waals surface area (Å²) in [5.41, 5.74) is 2.65. The lowest BCUT2D eigenvalue weighted by molar-refractivity contribution is 0.102. The van der Waals surface area contributed by atoms with Crippen molar-refractivity contribution in [1.82, 2.24) is 4.98 Å². The Hall–Kier alpha value is -3.40. The van der Waals surface area contributed by atoms with Gasteiger partial charge in [-0.05, 0) is 46.0 Å². The third-order valence-corrected chi connectivity index (χ3v) is 4.92. The van der Waals surface area contributed by atoms with E-state index >= 15 is 0 Å². The molecular weight excluding hydrogens is 348 g/mol. The maximum absolute atomic E-state index is 12.7. The lowest BCUT2D eigenvalue weighted by Gasteiger charge is -2.21. The molecule has 1 aromatic heterocycles. The highest BCUT2D eigenvalue weighted by Gasteiger charge is 2.18. The minimum Gasteiger partial charge on any atom is -0.322 e. The Morgan fingerprint density at radius 2 is 1.64 bits per heavy atom. The van der Waals surface area contributed by atoms with Crippen molar-refractivity contribution in [2.45, 2.75) is 26.2 Å². The molecule has 3 aromatic carbocycles. The SMILES string of the molecule is CC(C)(C)c1cc(=O)[nH]c2cc(NC(=O)c3ccc4ccccc4c3)ccc12. The van der Waals surface area contributed by atoms with Crippen LogP contribution in [0.15, 0.2) is 71.5 Å². The number of pyridine rings is 1. The fourth-order valence-electron chi connectivity index (χ4n) is 3.49. The molecule has 0 unspecified atom stereocenters. The molecule has 4 rings (SSSR count). The van der Waals surface area contributed by atoms with E-state index in [1.807, 2.05) is 60.7 Å². The number of aromatic amines is 1. The maximum atomic E-state index is 12.7. The molecule has 2 N–H and O–H groups in total. The molecule has 0 fully saturated rings.